The van der Waals surface area contributed by atoms with E-state index in [1.54, 1.807) is 0 Å². The van der Waals surface area contributed by atoms with Gasteiger partial charge in [0.05, 0.1) is 11.4 Å². The summed E-state index contributed by atoms with van der Waals surface area (Å²) in [7, 11) is 0. The minimum atomic E-state index is 0.135. The highest BCUT2D eigenvalue weighted by Gasteiger charge is 2.42. The average molecular weight is 285 g/mol. The van der Waals surface area contributed by atoms with Gasteiger partial charge in [0.25, 0.3) is 0 Å². The number of nitrogens with zero attached hydrogens (tertiary/aromatic N) is 2. The molecule has 2 amide bonds. The van der Waals surface area contributed by atoms with Crippen LogP contribution >= 0.6 is 0 Å². The van der Waals surface area contributed by atoms with Crippen molar-refractivity contribution in [2.24, 2.45) is 17.8 Å². The number of amides is 2. The summed E-state index contributed by atoms with van der Waals surface area (Å²) in [5.74, 6) is 2.55. The van der Waals surface area contributed by atoms with Crippen LogP contribution in [0.3, 0.4) is 0 Å². The van der Waals surface area contributed by atoms with Crippen molar-refractivity contribution in [3.63, 3.8) is 0 Å². The van der Waals surface area contributed by atoms with Gasteiger partial charge in [-0.3, -0.25) is 4.90 Å². The maximum atomic E-state index is 12.6. The fourth-order valence-corrected chi connectivity index (χ4v) is 4.59. The molecular weight excluding hydrogens is 262 g/mol. The number of rotatable bonds is 3. The highest BCUT2D eigenvalue weighted by atomic mass is 16.2. The average Bonchev–Trinajstić information content (AvgIpc) is 3.18. The van der Waals surface area contributed by atoms with E-state index in [-0.39, 0.29) is 6.03 Å². The lowest BCUT2D eigenvalue weighted by molar-refractivity contribution is 0.197. The van der Waals surface area contributed by atoms with Gasteiger partial charge in [-0.15, -0.1) is 0 Å². The molecule has 0 spiro atoms. The second-order valence-corrected chi connectivity index (χ2v) is 6.87. The van der Waals surface area contributed by atoms with E-state index in [4.69, 9.17) is 5.73 Å². The number of carbonyl (C=O) groups excluding carboxylic acids is 1. The third-order valence-electron chi connectivity index (χ3n) is 5.66. The molecule has 3 fully saturated rings. The van der Waals surface area contributed by atoms with Crippen LogP contribution in [-0.2, 0) is 0 Å². The van der Waals surface area contributed by atoms with Crippen LogP contribution in [-0.4, -0.2) is 30.6 Å². The maximum absolute atomic E-state index is 12.6. The number of fused-ring (bicyclic) bond motifs is 2. The van der Waals surface area contributed by atoms with E-state index >= 15 is 0 Å². The largest absolute Gasteiger partial charge is 0.397 e. The SMILES string of the molecule is Nc1ccccc1N1CCN(CC2CC3CCC2C3)C1=O. The lowest BCUT2D eigenvalue weighted by Crippen LogP contribution is -2.36. The molecule has 3 unspecified atom stereocenters. The Labute approximate surface area is 125 Å². The van der Waals surface area contributed by atoms with Crippen molar-refractivity contribution in [2.75, 3.05) is 30.3 Å². The molecule has 1 aromatic carbocycles. The summed E-state index contributed by atoms with van der Waals surface area (Å²) in [4.78, 5) is 16.5. The van der Waals surface area contributed by atoms with E-state index in [1.807, 2.05) is 34.1 Å². The summed E-state index contributed by atoms with van der Waals surface area (Å²) in [5, 5.41) is 0. The molecule has 2 aliphatic carbocycles. The molecule has 1 aliphatic heterocycles. The molecule has 2 N–H and O–H groups in total. The molecule has 112 valence electrons. The molecular formula is C17H23N3O. The Morgan fingerprint density at radius 3 is 2.71 bits per heavy atom. The van der Waals surface area contributed by atoms with E-state index in [0.29, 0.717) is 5.69 Å². The van der Waals surface area contributed by atoms with Crippen molar-refractivity contribution < 1.29 is 4.79 Å². The third kappa shape index (κ3) is 2.17. The van der Waals surface area contributed by atoms with Crippen molar-refractivity contribution in [1.82, 2.24) is 4.90 Å². The van der Waals surface area contributed by atoms with Gasteiger partial charge in [0, 0.05) is 19.6 Å². The quantitative estimate of drug-likeness (QED) is 0.868. The number of hydrogen-bond donors (Lipinski definition) is 1. The Hall–Kier alpha value is -1.71. The molecule has 0 radical (unpaired) electrons. The number of para-hydroxylation sites is 2. The first-order valence-electron chi connectivity index (χ1n) is 8.13. The molecule has 21 heavy (non-hydrogen) atoms. The Morgan fingerprint density at radius 2 is 2.00 bits per heavy atom. The van der Waals surface area contributed by atoms with Crippen molar-refractivity contribution >= 4 is 17.4 Å². The first-order valence-corrected chi connectivity index (χ1v) is 8.13. The highest BCUT2D eigenvalue weighted by Crippen LogP contribution is 2.48. The maximum Gasteiger partial charge on any atom is 0.324 e. The van der Waals surface area contributed by atoms with Crippen molar-refractivity contribution in [3.05, 3.63) is 24.3 Å². The fraction of sp³-hybridized carbons (Fsp3) is 0.588. The van der Waals surface area contributed by atoms with Gasteiger partial charge in [0.15, 0.2) is 0 Å². The Balaban J connectivity index is 1.45. The van der Waals surface area contributed by atoms with Crippen LogP contribution in [0.4, 0.5) is 16.2 Å². The van der Waals surface area contributed by atoms with Gasteiger partial charge in [-0.05, 0) is 49.1 Å². The van der Waals surface area contributed by atoms with Crippen LogP contribution in [0.15, 0.2) is 24.3 Å². The Morgan fingerprint density at radius 1 is 1.14 bits per heavy atom. The van der Waals surface area contributed by atoms with Gasteiger partial charge in [0.2, 0.25) is 0 Å². The second kappa shape index (κ2) is 4.93. The zero-order chi connectivity index (χ0) is 14.4. The summed E-state index contributed by atoms with van der Waals surface area (Å²) in [5.41, 5.74) is 7.56. The predicted octanol–water partition coefficient (Wildman–Crippen LogP) is 2.95. The summed E-state index contributed by atoms with van der Waals surface area (Å²) < 4.78 is 0. The van der Waals surface area contributed by atoms with E-state index in [2.05, 4.69) is 0 Å². The van der Waals surface area contributed by atoms with Crippen LogP contribution in [0.25, 0.3) is 0 Å². The van der Waals surface area contributed by atoms with Crippen LogP contribution in [0.2, 0.25) is 0 Å². The zero-order valence-corrected chi connectivity index (χ0v) is 12.4. The van der Waals surface area contributed by atoms with E-state index in [0.717, 1.165) is 43.1 Å². The molecule has 4 heteroatoms. The molecule has 1 saturated heterocycles. The number of nitrogens with two attached hydrogens (primary N) is 1. The monoisotopic (exact) mass is 285 g/mol. The van der Waals surface area contributed by atoms with Gasteiger partial charge >= 0.3 is 6.03 Å². The van der Waals surface area contributed by atoms with Crippen molar-refractivity contribution in [3.8, 4) is 0 Å². The van der Waals surface area contributed by atoms with Gasteiger partial charge in [-0.1, -0.05) is 18.6 Å². The van der Waals surface area contributed by atoms with Crippen molar-refractivity contribution in [1.29, 1.82) is 0 Å². The second-order valence-electron chi connectivity index (χ2n) is 6.87. The van der Waals surface area contributed by atoms with E-state index < -0.39 is 0 Å². The summed E-state index contributed by atoms with van der Waals surface area (Å²) in [6, 6.07) is 7.79. The molecule has 0 aromatic heterocycles. The predicted molar refractivity (Wildman–Crippen MR) is 84.1 cm³/mol. The Kier molecular flexibility index (Phi) is 3.05. The summed E-state index contributed by atoms with van der Waals surface area (Å²) in [6.07, 6.45) is 5.54. The number of nitrogen functional groups attached to an aromatic ring is 1. The number of anilines is 2. The van der Waals surface area contributed by atoms with E-state index in [1.165, 1.54) is 25.7 Å². The van der Waals surface area contributed by atoms with E-state index in [9.17, 15) is 4.79 Å². The minimum absolute atomic E-state index is 0.135. The number of urea groups is 1. The molecule has 1 aromatic rings. The van der Waals surface area contributed by atoms with Gasteiger partial charge in [-0.2, -0.15) is 0 Å². The number of benzene rings is 1. The third-order valence-corrected chi connectivity index (χ3v) is 5.66. The zero-order valence-electron chi connectivity index (χ0n) is 12.4. The van der Waals surface area contributed by atoms with Crippen LogP contribution in [0.1, 0.15) is 25.7 Å². The molecule has 1 heterocycles. The minimum Gasteiger partial charge on any atom is -0.397 e. The first kappa shape index (κ1) is 13.0. The molecule has 4 nitrogen and oxygen atoms in total. The van der Waals surface area contributed by atoms with Gasteiger partial charge < -0.3 is 10.6 Å². The smallest absolute Gasteiger partial charge is 0.324 e. The van der Waals surface area contributed by atoms with Crippen LogP contribution in [0, 0.1) is 17.8 Å². The molecule has 2 saturated carbocycles. The lowest BCUT2D eigenvalue weighted by atomic mass is 9.88. The summed E-state index contributed by atoms with van der Waals surface area (Å²) in [6.45, 7) is 2.54. The van der Waals surface area contributed by atoms with Crippen molar-refractivity contribution in [2.45, 2.75) is 25.7 Å². The van der Waals surface area contributed by atoms with Gasteiger partial charge in [-0.25, -0.2) is 4.79 Å². The van der Waals surface area contributed by atoms with Gasteiger partial charge in [0.1, 0.15) is 0 Å². The van der Waals surface area contributed by atoms with Crippen LogP contribution in [0.5, 0.6) is 0 Å². The normalized spacial score (nSPS) is 31.4. The number of hydrogen-bond acceptors (Lipinski definition) is 2. The topological polar surface area (TPSA) is 49.6 Å². The molecule has 3 atom stereocenters. The first-order chi connectivity index (χ1) is 10.2. The number of carbonyl (C=O) groups is 1. The lowest BCUT2D eigenvalue weighted by Gasteiger charge is -2.27. The molecule has 4 rings (SSSR count). The fourth-order valence-electron chi connectivity index (χ4n) is 4.59. The standard InChI is InChI=1S/C17H23N3O/c18-15-3-1-2-4-16(15)20-8-7-19(17(20)21)11-14-10-12-5-6-13(14)9-12/h1-4,12-14H,5-11,18H2. The molecule has 3 aliphatic rings. The Bertz CT molecular complexity index is 559. The highest BCUT2D eigenvalue weighted by molar-refractivity contribution is 5.97. The van der Waals surface area contributed by atoms with Crippen LogP contribution < -0.4 is 10.6 Å². The summed E-state index contributed by atoms with van der Waals surface area (Å²) >= 11 is 0. The molecule has 2 bridgehead atoms.